The maximum atomic E-state index is 13.3. The minimum absolute atomic E-state index is 0.435. The largest absolute Gasteiger partial charge is 0.494 e. The Morgan fingerprint density at radius 1 is 1.17 bits per heavy atom. The second kappa shape index (κ2) is 11.6. The summed E-state index contributed by atoms with van der Waals surface area (Å²) in [5.41, 5.74) is 1.85. The number of aromatic nitrogens is 1. The number of unbranched alkanes of at least 4 members (excludes halogenated alkanes) is 2. The number of oxime groups is 1. The van der Waals surface area contributed by atoms with E-state index < -0.39 is 5.95 Å². The molecule has 1 aromatic heterocycles. The standard InChI is InChI=1S/C21H27FN4O2S/c1-2-28-24-17-18-6-8-20(9-7-18)27-15-5-3-4-12-25-13-14-26(29-25)19-10-11-23-21(22)16-19/h6-11,16-17H,2-5,12-15H2,1H3/b24-17+. The van der Waals surface area contributed by atoms with Gasteiger partial charge in [0, 0.05) is 44.0 Å². The number of anilines is 1. The van der Waals surface area contributed by atoms with Crippen molar-refractivity contribution in [1.82, 2.24) is 9.29 Å². The molecule has 156 valence electrons. The molecule has 1 aliphatic heterocycles. The van der Waals surface area contributed by atoms with Gasteiger partial charge < -0.3 is 13.9 Å². The van der Waals surface area contributed by atoms with Crippen LogP contribution in [-0.2, 0) is 4.84 Å². The topological polar surface area (TPSA) is 50.2 Å². The van der Waals surface area contributed by atoms with Gasteiger partial charge in [0.05, 0.1) is 18.5 Å². The van der Waals surface area contributed by atoms with Crippen molar-refractivity contribution in [2.24, 2.45) is 5.16 Å². The minimum atomic E-state index is -0.435. The Labute approximate surface area is 176 Å². The van der Waals surface area contributed by atoms with E-state index in [4.69, 9.17) is 9.57 Å². The summed E-state index contributed by atoms with van der Waals surface area (Å²) >= 11 is 1.66. The number of hydrogen-bond acceptors (Lipinski definition) is 7. The van der Waals surface area contributed by atoms with Crippen molar-refractivity contribution in [3.63, 3.8) is 0 Å². The predicted octanol–water partition coefficient (Wildman–Crippen LogP) is 4.53. The van der Waals surface area contributed by atoms with Crippen molar-refractivity contribution >= 4 is 24.0 Å². The molecule has 1 aliphatic rings. The molecule has 6 nitrogen and oxygen atoms in total. The molecule has 29 heavy (non-hydrogen) atoms. The summed E-state index contributed by atoms with van der Waals surface area (Å²) in [5, 5.41) is 3.85. The second-order valence-corrected chi connectivity index (χ2v) is 7.70. The summed E-state index contributed by atoms with van der Waals surface area (Å²) in [6, 6.07) is 11.1. The molecule has 1 aromatic carbocycles. The highest BCUT2D eigenvalue weighted by atomic mass is 32.2. The smallest absolute Gasteiger partial charge is 0.214 e. The number of ether oxygens (including phenoxy) is 1. The zero-order chi connectivity index (χ0) is 20.3. The number of hydrogen-bond donors (Lipinski definition) is 0. The maximum Gasteiger partial charge on any atom is 0.214 e. The van der Waals surface area contributed by atoms with E-state index in [9.17, 15) is 4.39 Å². The van der Waals surface area contributed by atoms with Crippen LogP contribution in [0.2, 0.25) is 0 Å². The third-order valence-corrected chi connectivity index (χ3v) is 5.56. The van der Waals surface area contributed by atoms with Gasteiger partial charge in [-0.25, -0.2) is 9.29 Å². The van der Waals surface area contributed by atoms with Gasteiger partial charge in [-0.05, 0) is 62.1 Å². The van der Waals surface area contributed by atoms with E-state index in [1.54, 1.807) is 18.3 Å². The highest BCUT2D eigenvalue weighted by Gasteiger charge is 2.21. The molecule has 0 saturated carbocycles. The molecule has 2 heterocycles. The fraction of sp³-hybridized carbons (Fsp3) is 0.429. The summed E-state index contributed by atoms with van der Waals surface area (Å²) in [4.78, 5) is 8.56. The van der Waals surface area contributed by atoms with Crippen LogP contribution in [0.3, 0.4) is 0 Å². The third kappa shape index (κ3) is 7.21. The molecule has 0 amide bonds. The van der Waals surface area contributed by atoms with Crippen LogP contribution in [0.5, 0.6) is 5.75 Å². The van der Waals surface area contributed by atoms with Gasteiger partial charge >= 0.3 is 0 Å². The summed E-state index contributed by atoms with van der Waals surface area (Å²) in [5.74, 6) is 0.434. The quantitative estimate of drug-likeness (QED) is 0.176. The van der Waals surface area contributed by atoms with Crippen molar-refractivity contribution in [3.05, 3.63) is 54.1 Å². The van der Waals surface area contributed by atoms with E-state index in [1.807, 2.05) is 37.3 Å². The number of pyridine rings is 1. The van der Waals surface area contributed by atoms with E-state index in [0.717, 1.165) is 55.9 Å². The molecule has 3 rings (SSSR count). The SMILES string of the molecule is CCO/N=C/c1ccc(OCCCCCN2CCN(c3ccnc(F)c3)S2)cc1. The maximum absolute atomic E-state index is 13.3. The molecule has 8 heteroatoms. The van der Waals surface area contributed by atoms with Crippen LogP contribution in [-0.4, -0.2) is 48.4 Å². The number of benzene rings is 1. The molecule has 0 aliphatic carbocycles. The molecule has 2 aromatic rings. The number of rotatable bonds is 11. The van der Waals surface area contributed by atoms with Gasteiger partial charge in [0.1, 0.15) is 12.4 Å². The van der Waals surface area contributed by atoms with Crippen LogP contribution in [0.4, 0.5) is 10.1 Å². The molecule has 1 saturated heterocycles. The van der Waals surface area contributed by atoms with Gasteiger partial charge in [-0.1, -0.05) is 5.16 Å². The van der Waals surface area contributed by atoms with Crippen molar-refractivity contribution in [1.29, 1.82) is 0 Å². The molecular weight excluding hydrogens is 391 g/mol. The Bertz CT molecular complexity index is 776. The van der Waals surface area contributed by atoms with Crippen LogP contribution < -0.4 is 9.04 Å². The van der Waals surface area contributed by atoms with Crippen molar-refractivity contribution in [2.45, 2.75) is 26.2 Å². The van der Waals surface area contributed by atoms with Crippen molar-refractivity contribution in [2.75, 3.05) is 37.2 Å². The normalized spacial score (nSPS) is 14.6. The Balaban J connectivity index is 1.27. The van der Waals surface area contributed by atoms with Crippen LogP contribution in [0, 0.1) is 5.95 Å². The van der Waals surface area contributed by atoms with Crippen molar-refractivity contribution in [3.8, 4) is 5.75 Å². The van der Waals surface area contributed by atoms with Crippen LogP contribution in [0.1, 0.15) is 31.7 Å². The highest BCUT2D eigenvalue weighted by Crippen LogP contribution is 2.30. The van der Waals surface area contributed by atoms with Gasteiger partial charge in [0.15, 0.2) is 0 Å². The Morgan fingerprint density at radius 2 is 2.03 bits per heavy atom. The van der Waals surface area contributed by atoms with Crippen LogP contribution >= 0.6 is 12.1 Å². The van der Waals surface area contributed by atoms with Gasteiger partial charge in [-0.2, -0.15) is 4.39 Å². The summed E-state index contributed by atoms with van der Waals surface area (Å²) in [6.07, 6.45) is 6.44. The summed E-state index contributed by atoms with van der Waals surface area (Å²) < 4.78 is 23.5. The monoisotopic (exact) mass is 418 g/mol. The molecule has 0 N–H and O–H groups in total. The zero-order valence-electron chi connectivity index (χ0n) is 16.7. The molecule has 0 bridgehead atoms. The zero-order valence-corrected chi connectivity index (χ0v) is 17.5. The van der Waals surface area contributed by atoms with E-state index in [0.29, 0.717) is 13.2 Å². The lowest BCUT2D eigenvalue weighted by Crippen LogP contribution is -2.14. The molecular formula is C21H27FN4O2S. The summed E-state index contributed by atoms with van der Waals surface area (Å²) in [6.45, 7) is 6.06. The van der Waals surface area contributed by atoms with E-state index in [-0.39, 0.29) is 0 Å². The van der Waals surface area contributed by atoms with E-state index >= 15 is 0 Å². The molecule has 0 spiro atoms. The third-order valence-electron chi connectivity index (χ3n) is 4.37. The van der Waals surface area contributed by atoms with Gasteiger partial charge in [0.2, 0.25) is 5.95 Å². The Kier molecular flexibility index (Phi) is 8.58. The number of halogens is 1. The predicted molar refractivity (Wildman–Crippen MR) is 116 cm³/mol. The van der Waals surface area contributed by atoms with Gasteiger partial charge in [-0.15, -0.1) is 0 Å². The minimum Gasteiger partial charge on any atom is -0.494 e. The molecule has 0 radical (unpaired) electrons. The van der Waals surface area contributed by atoms with Crippen LogP contribution in [0.15, 0.2) is 47.8 Å². The fourth-order valence-electron chi connectivity index (χ4n) is 2.88. The average molecular weight is 419 g/mol. The summed E-state index contributed by atoms with van der Waals surface area (Å²) in [7, 11) is 0. The molecule has 0 unspecified atom stereocenters. The molecule has 1 fully saturated rings. The molecule has 0 atom stereocenters. The van der Waals surface area contributed by atoms with Crippen LogP contribution in [0.25, 0.3) is 0 Å². The first-order chi connectivity index (χ1) is 14.2. The lowest BCUT2D eigenvalue weighted by molar-refractivity contribution is 0.160. The van der Waals surface area contributed by atoms with E-state index in [2.05, 4.69) is 18.8 Å². The van der Waals surface area contributed by atoms with Gasteiger partial charge in [-0.3, -0.25) is 0 Å². The fourth-order valence-corrected chi connectivity index (χ4v) is 3.90. The van der Waals surface area contributed by atoms with Crippen molar-refractivity contribution < 1.29 is 14.0 Å². The number of nitrogens with zero attached hydrogens (tertiary/aromatic N) is 4. The van der Waals surface area contributed by atoms with Gasteiger partial charge in [0.25, 0.3) is 0 Å². The lowest BCUT2D eigenvalue weighted by Gasteiger charge is -2.17. The first-order valence-electron chi connectivity index (χ1n) is 9.95. The Hall–Kier alpha value is -2.32. The lowest BCUT2D eigenvalue weighted by atomic mass is 10.2. The highest BCUT2D eigenvalue weighted by molar-refractivity contribution is 7.98. The Morgan fingerprint density at radius 3 is 2.83 bits per heavy atom. The second-order valence-electron chi connectivity index (χ2n) is 6.58. The van der Waals surface area contributed by atoms with E-state index in [1.165, 1.54) is 12.3 Å². The first-order valence-corrected chi connectivity index (χ1v) is 10.7. The average Bonchev–Trinajstić information content (AvgIpc) is 3.21. The first kappa shape index (κ1) is 21.4.